The first-order chi connectivity index (χ1) is 8.16. The van der Waals surface area contributed by atoms with E-state index in [1.165, 1.54) is 12.2 Å². The average Bonchev–Trinajstić information content (AvgIpc) is 2.82. The van der Waals surface area contributed by atoms with Gasteiger partial charge in [0.1, 0.15) is 5.01 Å². The fourth-order valence-electron chi connectivity index (χ4n) is 1.79. The minimum absolute atomic E-state index is 0.257. The molecule has 1 aliphatic rings. The third-order valence-electron chi connectivity index (χ3n) is 2.87. The Hall–Kier alpha value is -0.550. The molecule has 5 heteroatoms. The van der Waals surface area contributed by atoms with Gasteiger partial charge < -0.3 is 5.32 Å². The smallest absolute Gasteiger partial charge is 0.157 e. The van der Waals surface area contributed by atoms with E-state index in [-0.39, 0.29) is 6.04 Å². The highest BCUT2D eigenvalue weighted by Crippen LogP contribution is 2.23. The number of aliphatic imine (C=N–C) groups is 1. The summed E-state index contributed by atoms with van der Waals surface area (Å²) >= 11 is 3.51. The van der Waals surface area contributed by atoms with Crippen LogP contribution in [0.1, 0.15) is 38.2 Å². The molecular formula is C12H19N3S2. The van der Waals surface area contributed by atoms with Crippen LogP contribution in [0.2, 0.25) is 0 Å². The van der Waals surface area contributed by atoms with Gasteiger partial charge in [0, 0.05) is 17.3 Å². The van der Waals surface area contributed by atoms with E-state index in [0.717, 1.165) is 10.2 Å². The summed E-state index contributed by atoms with van der Waals surface area (Å²) in [6.45, 7) is 6.62. The van der Waals surface area contributed by atoms with E-state index >= 15 is 0 Å². The lowest BCUT2D eigenvalue weighted by molar-refractivity contribution is 0.482. The molecule has 94 valence electrons. The predicted molar refractivity (Wildman–Crippen MR) is 76.8 cm³/mol. The van der Waals surface area contributed by atoms with Crippen LogP contribution in [0.15, 0.2) is 16.6 Å². The van der Waals surface area contributed by atoms with E-state index < -0.39 is 0 Å². The van der Waals surface area contributed by atoms with Crippen molar-refractivity contribution in [3.8, 4) is 0 Å². The Morgan fingerprint density at radius 1 is 1.41 bits per heavy atom. The lowest BCUT2D eigenvalue weighted by atomic mass is 10.0. The van der Waals surface area contributed by atoms with Crippen molar-refractivity contribution in [1.82, 2.24) is 10.3 Å². The zero-order valence-corrected chi connectivity index (χ0v) is 12.1. The third-order valence-corrected chi connectivity index (χ3v) is 4.76. The molecule has 0 radical (unpaired) electrons. The summed E-state index contributed by atoms with van der Waals surface area (Å²) in [4.78, 5) is 9.10. The molecule has 0 bridgehead atoms. The second-order valence-electron chi connectivity index (χ2n) is 4.62. The molecule has 2 heterocycles. The van der Waals surface area contributed by atoms with Gasteiger partial charge in [-0.2, -0.15) is 0 Å². The molecule has 3 nitrogen and oxygen atoms in total. The summed E-state index contributed by atoms with van der Waals surface area (Å²) in [6.07, 6.45) is 3.05. The largest absolute Gasteiger partial charge is 0.356 e. The third kappa shape index (κ3) is 3.45. The first kappa shape index (κ1) is 12.9. The molecule has 1 aliphatic heterocycles. The number of hydrogen-bond donors (Lipinski definition) is 1. The molecule has 0 saturated heterocycles. The Labute approximate surface area is 111 Å². The lowest BCUT2D eigenvalue weighted by Gasteiger charge is -2.24. The first-order valence-corrected chi connectivity index (χ1v) is 7.90. The average molecular weight is 269 g/mol. The molecule has 0 spiro atoms. The van der Waals surface area contributed by atoms with Crippen LogP contribution in [0, 0.1) is 5.92 Å². The molecule has 17 heavy (non-hydrogen) atoms. The monoisotopic (exact) mass is 269 g/mol. The molecule has 2 unspecified atom stereocenters. The van der Waals surface area contributed by atoms with Gasteiger partial charge in [0.25, 0.3) is 0 Å². The maximum Gasteiger partial charge on any atom is 0.157 e. The minimum atomic E-state index is 0.257. The van der Waals surface area contributed by atoms with Gasteiger partial charge in [0.2, 0.25) is 0 Å². The van der Waals surface area contributed by atoms with Gasteiger partial charge in [0.05, 0.1) is 12.1 Å². The highest BCUT2D eigenvalue weighted by molar-refractivity contribution is 8.13. The van der Waals surface area contributed by atoms with Crippen molar-refractivity contribution in [2.75, 3.05) is 5.75 Å². The van der Waals surface area contributed by atoms with Gasteiger partial charge in [0.15, 0.2) is 5.17 Å². The highest BCUT2D eigenvalue weighted by atomic mass is 32.2. The minimum Gasteiger partial charge on any atom is -0.356 e. The van der Waals surface area contributed by atoms with Gasteiger partial charge in [-0.1, -0.05) is 25.6 Å². The lowest BCUT2D eigenvalue weighted by Crippen LogP contribution is -2.30. The fourth-order valence-corrected chi connectivity index (χ4v) is 3.45. The van der Waals surface area contributed by atoms with Gasteiger partial charge in [-0.15, -0.1) is 11.3 Å². The molecule has 1 aromatic heterocycles. The van der Waals surface area contributed by atoms with Crippen molar-refractivity contribution < 1.29 is 0 Å². The Morgan fingerprint density at radius 2 is 2.24 bits per heavy atom. The molecule has 2 atom stereocenters. The van der Waals surface area contributed by atoms with E-state index in [9.17, 15) is 0 Å². The quantitative estimate of drug-likeness (QED) is 0.914. The number of thioether (sulfide) groups is 1. The van der Waals surface area contributed by atoms with Crippen LogP contribution < -0.4 is 5.32 Å². The van der Waals surface area contributed by atoms with Gasteiger partial charge in [-0.25, -0.2) is 4.98 Å². The van der Waals surface area contributed by atoms with Crippen LogP contribution in [-0.4, -0.2) is 21.9 Å². The van der Waals surface area contributed by atoms with Crippen molar-refractivity contribution >= 4 is 28.3 Å². The molecule has 0 saturated carbocycles. The van der Waals surface area contributed by atoms with Crippen LogP contribution in [0.4, 0.5) is 0 Å². The van der Waals surface area contributed by atoms with Gasteiger partial charge in [-0.05, 0) is 19.3 Å². The number of thiazole rings is 1. The van der Waals surface area contributed by atoms with Crippen molar-refractivity contribution in [3.63, 3.8) is 0 Å². The Kier molecular flexibility index (Phi) is 4.45. The SMILES string of the molecule is CC(NC1=NC(C(C)C)CCS1)c1nccs1. The van der Waals surface area contributed by atoms with Crippen LogP contribution in [-0.2, 0) is 0 Å². The normalized spacial score (nSPS) is 22.4. The fraction of sp³-hybridized carbons (Fsp3) is 0.667. The van der Waals surface area contributed by atoms with Gasteiger partial charge in [-0.3, -0.25) is 4.99 Å². The summed E-state index contributed by atoms with van der Waals surface area (Å²) in [7, 11) is 0. The van der Waals surface area contributed by atoms with E-state index in [4.69, 9.17) is 4.99 Å². The molecule has 1 aromatic rings. The summed E-state index contributed by atoms with van der Waals surface area (Å²) in [6, 6.07) is 0.731. The number of aromatic nitrogens is 1. The van der Waals surface area contributed by atoms with Crippen LogP contribution in [0.3, 0.4) is 0 Å². The molecule has 0 amide bonds. The van der Waals surface area contributed by atoms with Crippen LogP contribution in [0.25, 0.3) is 0 Å². The van der Waals surface area contributed by atoms with Gasteiger partial charge >= 0.3 is 0 Å². The number of nitrogens with zero attached hydrogens (tertiary/aromatic N) is 2. The second kappa shape index (κ2) is 5.87. The Bertz CT molecular complexity index is 373. The number of rotatable bonds is 3. The summed E-state index contributed by atoms with van der Waals surface area (Å²) in [5, 5.41) is 7.69. The number of amidine groups is 1. The molecule has 1 N–H and O–H groups in total. The van der Waals surface area contributed by atoms with E-state index in [1.54, 1.807) is 11.3 Å². The zero-order chi connectivity index (χ0) is 12.3. The maximum absolute atomic E-state index is 4.78. The zero-order valence-electron chi connectivity index (χ0n) is 10.5. The second-order valence-corrected chi connectivity index (χ2v) is 6.63. The molecular weight excluding hydrogens is 250 g/mol. The highest BCUT2D eigenvalue weighted by Gasteiger charge is 2.20. The van der Waals surface area contributed by atoms with Crippen LogP contribution >= 0.6 is 23.1 Å². The standard InChI is InChI=1S/C12H19N3S2/c1-8(2)10-4-6-17-12(15-10)14-9(3)11-13-5-7-16-11/h5,7-10H,4,6H2,1-3H3,(H,14,15). The van der Waals surface area contributed by atoms with E-state index in [2.05, 4.69) is 31.1 Å². The molecule has 2 rings (SSSR count). The van der Waals surface area contributed by atoms with Crippen molar-refractivity contribution in [2.45, 2.75) is 39.3 Å². The van der Waals surface area contributed by atoms with E-state index in [1.807, 2.05) is 23.3 Å². The van der Waals surface area contributed by atoms with Crippen LogP contribution in [0.5, 0.6) is 0 Å². The van der Waals surface area contributed by atoms with Crippen molar-refractivity contribution in [2.24, 2.45) is 10.9 Å². The first-order valence-electron chi connectivity index (χ1n) is 6.03. The number of nitrogens with one attached hydrogen (secondary N) is 1. The molecule has 0 aliphatic carbocycles. The Morgan fingerprint density at radius 3 is 2.88 bits per heavy atom. The summed E-state index contributed by atoms with van der Waals surface area (Å²) in [5.74, 6) is 1.79. The summed E-state index contributed by atoms with van der Waals surface area (Å²) < 4.78 is 0. The summed E-state index contributed by atoms with van der Waals surface area (Å²) in [5.41, 5.74) is 0. The topological polar surface area (TPSA) is 37.3 Å². The number of hydrogen-bond acceptors (Lipinski definition) is 5. The van der Waals surface area contributed by atoms with E-state index in [0.29, 0.717) is 12.0 Å². The molecule has 0 fully saturated rings. The predicted octanol–water partition coefficient (Wildman–Crippen LogP) is 3.31. The van der Waals surface area contributed by atoms with Crippen molar-refractivity contribution in [3.05, 3.63) is 16.6 Å². The van der Waals surface area contributed by atoms with Crippen molar-refractivity contribution in [1.29, 1.82) is 0 Å². The molecule has 0 aromatic carbocycles. The Balaban J connectivity index is 1.98. The maximum atomic E-state index is 4.78.